The number of nitro benzene ring substituents is 1. The molecular formula is C10H12ClNO3S. The van der Waals surface area contributed by atoms with Gasteiger partial charge in [-0.2, -0.15) is 11.8 Å². The standard InChI is InChI=1S/C10H12ClNO3S/c1-2-16-6-5-15-10-7-8(11)3-4-9(10)12(13)14/h3-4,7H,2,5-6H2,1H3. The van der Waals surface area contributed by atoms with Crippen LogP contribution in [-0.2, 0) is 0 Å². The maximum atomic E-state index is 10.7. The van der Waals surface area contributed by atoms with Crippen molar-refractivity contribution in [3.05, 3.63) is 33.3 Å². The first kappa shape index (κ1) is 13.1. The zero-order valence-electron chi connectivity index (χ0n) is 8.81. The highest BCUT2D eigenvalue weighted by Crippen LogP contribution is 2.29. The summed E-state index contributed by atoms with van der Waals surface area (Å²) >= 11 is 7.47. The molecule has 0 aliphatic rings. The van der Waals surface area contributed by atoms with Crippen molar-refractivity contribution in [3.63, 3.8) is 0 Å². The van der Waals surface area contributed by atoms with Gasteiger partial charge in [-0.3, -0.25) is 10.1 Å². The third-order valence-electron chi connectivity index (χ3n) is 1.81. The van der Waals surface area contributed by atoms with Crippen LogP contribution in [-0.4, -0.2) is 23.0 Å². The second-order valence-corrected chi connectivity index (χ2v) is 4.74. The molecule has 16 heavy (non-hydrogen) atoms. The highest BCUT2D eigenvalue weighted by atomic mass is 35.5. The van der Waals surface area contributed by atoms with E-state index in [1.165, 1.54) is 18.2 Å². The van der Waals surface area contributed by atoms with Crippen molar-refractivity contribution in [2.24, 2.45) is 0 Å². The van der Waals surface area contributed by atoms with Crippen molar-refractivity contribution in [1.29, 1.82) is 0 Å². The molecule has 0 saturated carbocycles. The Kier molecular flexibility index (Phi) is 5.42. The zero-order valence-corrected chi connectivity index (χ0v) is 10.4. The highest BCUT2D eigenvalue weighted by molar-refractivity contribution is 7.99. The molecule has 0 unspecified atom stereocenters. The van der Waals surface area contributed by atoms with Gasteiger partial charge < -0.3 is 4.74 Å². The number of hydrogen-bond acceptors (Lipinski definition) is 4. The Hall–Kier alpha value is -0.940. The summed E-state index contributed by atoms with van der Waals surface area (Å²) in [6.45, 7) is 2.49. The average Bonchev–Trinajstić information content (AvgIpc) is 2.24. The minimum atomic E-state index is -0.474. The van der Waals surface area contributed by atoms with Crippen LogP contribution in [0.4, 0.5) is 5.69 Å². The molecule has 0 aliphatic heterocycles. The van der Waals surface area contributed by atoms with Crippen molar-refractivity contribution >= 4 is 29.1 Å². The molecule has 1 rings (SSSR count). The Morgan fingerprint density at radius 2 is 2.31 bits per heavy atom. The molecule has 0 atom stereocenters. The van der Waals surface area contributed by atoms with E-state index in [9.17, 15) is 10.1 Å². The molecule has 0 spiro atoms. The lowest BCUT2D eigenvalue weighted by Gasteiger charge is -2.06. The summed E-state index contributed by atoms with van der Waals surface area (Å²) < 4.78 is 5.33. The van der Waals surface area contributed by atoms with Gasteiger partial charge in [0.1, 0.15) is 0 Å². The van der Waals surface area contributed by atoms with Crippen LogP contribution in [0.5, 0.6) is 5.75 Å². The SMILES string of the molecule is CCSCCOc1cc(Cl)ccc1[N+](=O)[O-]. The fourth-order valence-electron chi connectivity index (χ4n) is 1.11. The van der Waals surface area contributed by atoms with Crippen LogP contribution in [0.25, 0.3) is 0 Å². The van der Waals surface area contributed by atoms with Crippen molar-refractivity contribution in [3.8, 4) is 5.75 Å². The van der Waals surface area contributed by atoms with E-state index in [1.54, 1.807) is 11.8 Å². The number of hydrogen-bond donors (Lipinski definition) is 0. The Morgan fingerprint density at radius 1 is 1.56 bits per heavy atom. The van der Waals surface area contributed by atoms with Crippen LogP contribution >= 0.6 is 23.4 Å². The summed E-state index contributed by atoms with van der Waals surface area (Å²) in [7, 11) is 0. The quantitative estimate of drug-likeness (QED) is 0.447. The Bertz CT molecular complexity index is 373. The van der Waals surface area contributed by atoms with Gasteiger partial charge >= 0.3 is 5.69 Å². The summed E-state index contributed by atoms with van der Waals surface area (Å²) in [5.74, 6) is 2.04. The van der Waals surface area contributed by atoms with Crippen LogP contribution in [0.3, 0.4) is 0 Å². The third-order valence-corrected chi connectivity index (χ3v) is 2.91. The van der Waals surface area contributed by atoms with Crippen LogP contribution in [0.15, 0.2) is 18.2 Å². The van der Waals surface area contributed by atoms with E-state index in [0.717, 1.165) is 11.5 Å². The Labute approximate surface area is 103 Å². The molecule has 0 radical (unpaired) electrons. The number of thioether (sulfide) groups is 1. The van der Waals surface area contributed by atoms with Gasteiger partial charge in [0, 0.05) is 22.9 Å². The summed E-state index contributed by atoms with van der Waals surface area (Å²) in [4.78, 5) is 10.2. The molecule has 0 bridgehead atoms. The fourth-order valence-corrected chi connectivity index (χ4v) is 1.76. The largest absolute Gasteiger partial charge is 0.486 e. The van der Waals surface area contributed by atoms with Gasteiger partial charge in [-0.25, -0.2) is 0 Å². The first-order chi connectivity index (χ1) is 7.65. The maximum absolute atomic E-state index is 10.7. The molecular weight excluding hydrogens is 250 g/mol. The molecule has 0 heterocycles. The predicted octanol–water partition coefficient (Wildman–Crippen LogP) is 3.38. The number of rotatable bonds is 6. The highest BCUT2D eigenvalue weighted by Gasteiger charge is 2.14. The Balaban J connectivity index is 2.68. The molecule has 88 valence electrons. The third kappa shape index (κ3) is 3.90. The lowest BCUT2D eigenvalue weighted by Crippen LogP contribution is -2.02. The number of halogens is 1. The van der Waals surface area contributed by atoms with E-state index >= 15 is 0 Å². The van der Waals surface area contributed by atoms with E-state index < -0.39 is 4.92 Å². The molecule has 4 nitrogen and oxygen atoms in total. The molecule has 1 aromatic rings. The van der Waals surface area contributed by atoms with E-state index in [1.807, 2.05) is 6.92 Å². The van der Waals surface area contributed by atoms with Gasteiger partial charge in [0.05, 0.1) is 11.5 Å². The molecule has 0 amide bonds. The van der Waals surface area contributed by atoms with Gasteiger partial charge in [0.25, 0.3) is 0 Å². The lowest BCUT2D eigenvalue weighted by atomic mass is 10.3. The molecule has 0 aliphatic carbocycles. The maximum Gasteiger partial charge on any atom is 0.311 e. The monoisotopic (exact) mass is 261 g/mol. The first-order valence-electron chi connectivity index (χ1n) is 4.79. The van der Waals surface area contributed by atoms with Gasteiger partial charge in [-0.05, 0) is 11.8 Å². The van der Waals surface area contributed by atoms with E-state index in [-0.39, 0.29) is 11.4 Å². The van der Waals surface area contributed by atoms with Gasteiger partial charge in [0.2, 0.25) is 0 Å². The summed E-state index contributed by atoms with van der Waals surface area (Å²) in [5.41, 5.74) is -0.0501. The van der Waals surface area contributed by atoms with Gasteiger partial charge in [-0.15, -0.1) is 0 Å². The van der Waals surface area contributed by atoms with Crippen LogP contribution in [0.1, 0.15) is 6.92 Å². The number of benzene rings is 1. The minimum Gasteiger partial charge on any atom is -0.486 e. The van der Waals surface area contributed by atoms with Crippen molar-refractivity contribution < 1.29 is 9.66 Å². The topological polar surface area (TPSA) is 52.4 Å². The molecule has 0 aromatic heterocycles. The second kappa shape index (κ2) is 6.60. The molecule has 0 N–H and O–H groups in total. The van der Waals surface area contributed by atoms with Crippen molar-refractivity contribution in [1.82, 2.24) is 0 Å². The minimum absolute atomic E-state index is 0.0501. The van der Waals surface area contributed by atoms with E-state index in [2.05, 4.69) is 0 Å². The summed E-state index contributed by atoms with van der Waals surface area (Å²) in [6, 6.07) is 4.30. The number of ether oxygens (including phenoxy) is 1. The summed E-state index contributed by atoms with van der Waals surface area (Å²) in [5, 5.41) is 11.1. The first-order valence-corrected chi connectivity index (χ1v) is 6.33. The van der Waals surface area contributed by atoms with Crippen molar-refractivity contribution in [2.45, 2.75) is 6.92 Å². The smallest absolute Gasteiger partial charge is 0.311 e. The summed E-state index contributed by atoms with van der Waals surface area (Å²) in [6.07, 6.45) is 0. The second-order valence-electron chi connectivity index (χ2n) is 2.91. The molecule has 0 fully saturated rings. The predicted molar refractivity (Wildman–Crippen MR) is 66.6 cm³/mol. The van der Waals surface area contributed by atoms with E-state index in [0.29, 0.717) is 11.6 Å². The van der Waals surface area contributed by atoms with Crippen molar-refractivity contribution in [2.75, 3.05) is 18.1 Å². The van der Waals surface area contributed by atoms with Gasteiger partial charge in [-0.1, -0.05) is 18.5 Å². The number of nitrogens with zero attached hydrogens (tertiary/aromatic N) is 1. The van der Waals surface area contributed by atoms with Gasteiger partial charge in [0.15, 0.2) is 5.75 Å². The van der Waals surface area contributed by atoms with Crippen LogP contribution < -0.4 is 4.74 Å². The van der Waals surface area contributed by atoms with Crippen LogP contribution in [0.2, 0.25) is 5.02 Å². The fraction of sp³-hybridized carbons (Fsp3) is 0.400. The lowest BCUT2D eigenvalue weighted by molar-refractivity contribution is -0.385. The zero-order chi connectivity index (χ0) is 12.0. The Morgan fingerprint density at radius 3 is 2.94 bits per heavy atom. The molecule has 1 aromatic carbocycles. The average molecular weight is 262 g/mol. The van der Waals surface area contributed by atoms with Crippen LogP contribution in [0, 0.1) is 10.1 Å². The molecule has 0 saturated heterocycles. The number of nitro groups is 1. The normalized spacial score (nSPS) is 10.1. The van der Waals surface area contributed by atoms with E-state index in [4.69, 9.17) is 16.3 Å². The molecule has 6 heteroatoms.